The number of fused-ring (bicyclic) bond motifs is 1. The van der Waals surface area contributed by atoms with E-state index in [1.54, 1.807) is 6.07 Å². The Morgan fingerprint density at radius 3 is 2.64 bits per heavy atom. The van der Waals surface area contributed by atoms with E-state index in [-0.39, 0.29) is 12.5 Å². The second-order valence-corrected chi connectivity index (χ2v) is 9.35. The number of likely N-dealkylation sites (tertiary alicyclic amines) is 1. The summed E-state index contributed by atoms with van der Waals surface area (Å²) in [5.41, 5.74) is 2.79. The summed E-state index contributed by atoms with van der Waals surface area (Å²) >= 11 is 0. The number of nitrogens with zero attached hydrogens (tertiary/aromatic N) is 2. The van der Waals surface area contributed by atoms with Crippen molar-refractivity contribution in [1.29, 1.82) is 0 Å². The van der Waals surface area contributed by atoms with Gasteiger partial charge in [-0.15, -0.1) is 0 Å². The van der Waals surface area contributed by atoms with E-state index < -0.39 is 5.95 Å². The number of carbonyl (C=O) groups excluding carboxylic acids is 1. The van der Waals surface area contributed by atoms with E-state index >= 15 is 0 Å². The van der Waals surface area contributed by atoms with Gasteiger partial charge in [-0.1, -0.05) is 24.3 Å². The highest BCUT2D eigenvalue weighted by atomic mass is 19.1. The Morgan fingerprint density at radius 1 is 1.03 bits per heavy atom. The first-order valence-corrected chi connectivity index (χ1v) is 12.7. The molecular weight excluding hydrogens is 459 g/mol. The predicted molar refractivity (Wildman–Crippen MR) is 135 cm³/mol. The van der Waals surface area contributed by atoms with Crippen LogP contribution >= 0.6 is 0 Å². The summed E-state index contributed by atoms with van der Waals surface area (Å²) in [5.74, 6) is 2.33. The minimum atomic E-state index is -0.530. The summed E-state index contributed by atoms with van der Waals surface area (Å²) in [6, 6.07) is 16.7. The molecule has 0 spiro atoms. The Hall–Kier alpha value is -3.61. The quantitative estimate of drug-likeness (QED) is 0.421. The molecule has 0 bridgehead atoms. The molecule has 0 unspecified atom stereocenters. The Balaban J connectivity index is 1.09. The topological polar surface area (TPSA) is 60.9 Å². The highest BCUT2D eigenvalue weighted by Gasteiger charge is 2.23. The van der Waals surface area contributed by atoms with Gasteiger partial charge in [-0.05, 0) is 67.5 Å². The van der Waals surface area contributed by atoms with E-state index in [1.807, 2.05) is 35.2 Å². The molecule has 6 nitrogen and oxygen atoms in total. The fourth-order valence-corrected chi connectivity index (χ4v) is 4.80. The Kier molecular flexibility index (Phi) is 7.64. The van der Waals surface area contributed by atoms with Gasteiger partial charge in [-0.3, -0.25) is 4.79 Å². The standard InChI is InChI=1S/C29H31FN2O4/c30-28-11-9-23(19-31-28)24-4-1-2-5-25(24)36-20-29(33)32-14-12-21(13-15-32)6-7-22-8-10-26-27(18-22)35-17-3-16-34-26/h1-2,4-5,8-11,18-19,21H,3,6-7,12-17,20H2. The molecule has 0 N–H and O–H groups in total. The van der Waals surface area contributed by atoms with Gasteiger partial charge in [0.2, 0.25) is 5.95 Å². The van der Waals surface area contributed by atoms with Gasteiger partial charge in [0, 0.05) is 36.8 Å². The van der Waals surface area contributed by atoms with Crippen LogP contribution in [0.1, 0.15) is 31.2 Å². The molecule has 2 aromatic carbocycles. The summed E-state index contributed by atoms with van der Waals surface area (Å²) in [4.78, 5) is 18.4. The molecule has 0 aliphatic carbocycles. The molecule has 0 atom stereocenters. The third-order valence-corrected chi connectivity index (χ3v) is 6.90. The Bertz CT molecular complexity index is 1180. The zero-order valence-corrected chi connectivity index (χ0v) is 20.3. The number of aromatic nitrogens is 1. The molecule has 1 amide bonds. The lowest BCUT2D eigenvalue weighted by Gasteiger charge is -2.32. The van der Waals surface area contributed by atoms with Gasteiger partial charge in [0.05, 0.1) is 13.2 Å². The van der Waals surface area contributed by atoms with Gasteiger partial charge >= 0.3 is 0 Å². The zero-order valence-electron chi connectivity index (χ0n) is 20.3. The number of ether oxygens (including phenoxy) is 3. The van der Waals surface area contributed by atoms with Crippen LogP contribution in [0.25, 0.3) is 11.1 Å². The first-order chi connectivity index (χ1) is 17.7. The number of amides is 1. The first-order valence-electron chi connectivity index (χ1n) is 12.7. The number of aryl methyl sites for hydroxylation is 1. The summed E-state index contributed by atoms with van der Waals surface area (Å²) in [6.45, 7) is 2.87. The van der Waals surface area contributed by atoms with E-state index in [2.05, 4.69) is 17.1 Å². The van der Waals surface area contributed by atoms with Gasteiger partial charge in [0.1, 0.15) is 5.75 Å². The van der Waals surface area contributed by atoms with Crippen molar-refractivity contribution in [2.24, 2.45) is 5.92 Å². The van der Waals surface area contributed by atoms with Crippen LogP contribution in [0.15, 0.2) is 60.8 Å². The van der Waals surface area contributed by atoms with E-state index in [0.29, 0.717) is 24.9 Å². The fourth-order valence-electron chi connectivity index (χ4n) is 4.80. The van der Waals surface area contributed by atoms with Crippen LogP contribution in [-0.4, -0.2) is 48.7 Å². The van der Waals surface area contributed by atoms with Crippen molar-refractivity contribution >= 4 is 5.91 Å². The number of para-hydroxylation sites is 1. The molecule has 188 valence electrons. The predicted octanol–water partition coefficient (Wildman–Crippen LogP) is 5.30. The van der Waals surface area contributed by atoms with Crippen LogP contribution in [0.3, 0.4) is 0 Å². The molecule has 2 aliphatic rings. The van der Waals surface area contributed by atoms with E-state index in [4.69, 9.17) is 14.2 Å². The van der Waals surface area contributed by atoms with Crippen LogP contribution < -0.4 is 14.2 Å². The molecule has 1 fully saturated rings. The lowest BCUT2D eigenvalue weighted by molar-refractivity contribution is -0.134. The number of carbonyl (C=O) groups is 1. The van der Waals surface area contributed by atoms with Gasteiger partial charge in [-0.25, -0.2) is 4.98 Å². The average Bonchev–Trinajstić information content (AvgIpc) is 3.17. The summed E-state index contributed by atoms with van der Waals surface area (Å²) < 4.78 is 30.6. The molecule has 3 heterocycles. The van der Waals surface area contributed by atoms with Crippen LogP contribution in [0, 0.1) is 11.9 Å². The highest BCUT2D eigenvalue weighted by molar-refractivity contribution is 5.78. The van der Waals surface area contributed by atoms with Crippen LogP contribution in [0.4, 0.5) is 4.39 Å². The third kappa shape index (κ3) is 5.96. The van der Waals surface area contributed by atoms with Gasteiger partial charge < -0.3 is 19.1 Å². The molecule has 3 aromatic rings. The minimum Gasteiger partial charge on any atom is -0.490 e. The normalized spacial score (nSPS) is 15.9. The molecule has 7 heteroatoms. The number of rotatable bonds is 7. The van der Waals surface area contributed by atoms with Crippen molar-refractivity contribution in [3.05, 3.63) is 72.3 Å². The molecule has 0 radical (unpaired) electrons. The minimum absolute atomic E-state index is 0.0108. The SMILES string of the molecule is O=C(COc1ccccc1-c1ccc(F)nc1)N1CCC(CCc2ccc3c(c2)OCCCO3)CC1. The zero-order chi connectivity index (χ0) is 24.7. The van der Waals surface area contributed by atoms with Crippen LogP contribution in [-0.2, 0) is 11.2 Å². The molecular formula is C29H31FN2O4. The van der Waals surface area contributed by atoms with Crippen molar-refractivity contribution in [2.75, 3.05) is 32.9 Å². The Morgan fingerprint density at radius 2 is 1.83 bits per heavy atom. The fraction of sp³-hybridized carbons (Fsp3) is 0.379. The molecule has 1 saturated heterocycles. The van der Waals surface area contributed by atoms with Gasteiger partial charge in [0.15, 0.2) is 18.1 Å². The number of halogens is 1. The maximum absolute atomic E-state index is 13.2. The second-order valence-electron chi connectivity index (χ2n) is 9.35. The number of hydrogen-bond donors (Lipinski definition) is 0. The largest absolute Gasteiger partial charge is 0.490 e. The molecule has 36 heavy (non-hydrogen) atoms. The average molecular weight is 491 g/mol. The van der Waals surface area contributed by atoms with Crippen molar-refractivity contribution < 1.29 is 23.4 Å². The summed E-state index contributed by atoms with van der Waals surface area (Å²) in [5, 5.41) is 0. The second kappa shape index (κ2) is 11.4. The van der Waals surface area contributed by atoms with Crippen molar-refractivity contribution in [1.82, 2.24) is 9.88 Å². The molecule has 2 aliphatic heterocycles. The molecule has 5 rings (SSSR count). The Labute approximate surface area is 211 Å². The monoisotopic (exact) mass is 490 g/mol. The smallest absolute Gasteiger partial charge is 0.260 e. The highest BCUT2D eigenvalue weighted by Crippen LogP contribution is 2.32. The van der Waals surface area contributed by atoms with Crippen LogP contribution in [0.2, 0.25) is 0 Å². The lowest BCUT2D eigenvalue weighted by atomic mass is 9.90. The van der Waals surface area contributed by atoms with Crippen molar-refractivity contribution in [2.45, 2.75) is 32.1 Å². The summed E-state index contributed by atoms with van der Waals surface area (Å²) in [6.07, 6.45) is 6.45. The maximum atomic E-state index is 13.2. The van der Waals surface area contributed by atoms with E-state index in [0.717, 1.165) is 67.8 Å². The van der Waals surface area contributed by atoms with Gasteiger partial charge in [-0.2, -0.15) is 4.39 Å². The maximum Gasteiger partial charge on any atom is 0.260 e. The number of pyridine rings is 1. The first kappa shape index (κ1) is 24.1. The molecule has 0 saturated carbocycles. The van der Waals surface area contributed by atoms with E-state index in [9.17, 15) is 9.18 Å². The van der Waals surface area contributed by atoms with E-state index in [1.165, 1.54) is 17.8 Å². The van der Waals surface area contributed by atoms with Crippen LogP contribution in [0.5, 0.6) is 17.2 Å². The number of benzene rings is 2. The summed E-state index contributed by atoms with van der Waals surface area (Å²) in [7, 11) is 0. The lowest BCUT2D eigenvalue weighted by Crippen LogP contribution is -2.41. The van der Waals surface area contributed by atoms with Gasteiger partial charge in [0.25, 0.3) is 5.91 Å². The van der Waals surface area contributed by atoms with Crippen molar-refractivity contribution in [3.63, 3.8) is 0 Å². The number of piperidine rings is 1. The third-order valence-electron chi connectivity index (χ3n) is 6.90. The van der Waals surface area contributed by atoms with Crippen molar-refractivity contribution in [3.8, 4) is 28.4 Å². The number of hydrogen-bond acceptors (Lipinski definition) is 5. The molecule has 1 aromatic heterocycles.